The summed E-state index contributed by atoms with van der Waals surface area (Å²) in [5.41, 5.74) is 0. The van der Waals surface area contributed by atoms with E-state index in [0.29, 0.717) is 6.54 Å². The first-order valence-electron chi connectivity index (χ1n) is 6.80. The van der Waals surface area contributed by atoms with Gasteiger partial charge in [0.2, 0.25) is 5.91 Å². The molecule has 2 bridgehead atoms. The molecule has 0 heterocycles. The molecule has 100 valence electrons. The average molecular weight is 251 g/mol. The Hall–Kier alpha value is -1.32. The minimum atomic E-state index is -0.822. The second kappa shape index (κ2) is 5.12. The van der Waals surface area contributed by atoms with Gasteiger partial charge in [-0.2, -0.15) is 0 Å². The lowest BCUT2D eigenvalue weighted by molar-refractivity contribution is -0.151. The van der Waals surface area contributed by atoms with Gasteiger partial charge in [-0.05, 0) is 31.6 Å². The predicted molar refractivity (Wildman–Crippen MR) is 67.9 cm³/mol. The normalized spacial score (nSPS) is 32.8. The topological polar surface area (TPSA) is 57.6 Å². The van der Waals surface area contributed by atoms with E-state index in [1.54, 1.807) is 4.90 Å². The number of rotatable bonds is 5. The Bertz CT molecular complexity index is 377. The molecule has 4 heteroatoms. The van der Waals surface area contributed by atoms with Crippen LogP contribution in [0.3, 0.4) is 0 Å². The number of carbonyl (C=O) groups is 2. The molecule has 2 aliphatic rings. The van der Waals surface area contributed by atoms with Gasteiger partial charge in [-0.15, -0.1) is 0 Å². The summed E-state index contributed by atoms with van der Waals surface area (Å²) >= 11 is 0. The van der Waals surface area contributed by atoms with Crippen molar-refractivity contribution in [3.8, 4) is 0 Å². The van der Waals surface area contributed by atoms with Crippen molar-refractivity contribution in [2.24, 2.45) is 23.7 Å². The van der Waals surface area contributed by atoms with Gasteiger partial charge in [-0.3, -0.25) is 9.59 Å². The van der Waals surface area contributed by atoms with Crippen molar-refractivity contribution in [3.05, 3.63) is 12.2 Å². The van der Waals surface area contributed by atoms with Crippen LogP contribution < -0.4 is 0 Å². The van der Waals surface area contributed by atoms with E-state index in [0.717, 1.165) is 19.4 Å². The molecule has 1 saturated carbocycles. The number of carboxylic acids is 1. The first-order valence-corrected chi connectivity index (χ1v) is 6.80. The van der Waals surface area contributed by atoms with Gasteiger partial charge >= 0.3 is 5.97 Å². The number of aliphatic carboxylic acids is 1. The summed E-state index contributed by atoms with van der Waals surface area (Å²) in [6, 6.07) is 0. The van der Waals surface area contributed by atoms with Gasteiger partial charge in [-0.1, -0.05) is 19.1 Å². The largest absolute Gasteiger partial charge is 0.481 e. The van der Waals surface area contributed by atoms with Crippen molar-refractivity contribution in [1.82, 2.24) is 4.90 Å². The lowest BCUT2D eigenvalue weighted by Gasteiger charge is -2.30. The summed E-state index contributed by atoms with van der Waals surface area (Å²) < 4.78 is 0. The van der Waals surface area contributed by atoms with Crippen molar-refractivity contribution in [1.29, 1.82) is 0 Å². The Balaban J connectivity index is 2.18. The Labute approximate surface area is 108 Å². The quantitative estimate of drug-likeness (QED) is 0.758. The van der Waals surface area contributed by atoms with Crippen molar-refractivity contribution >= 4 is 11.9 Å². The fourth-order valence-corrected chi connectivity index (χ4v) is 3.40. The van der Waals surface area contributed by atoms with Crippen LogP contribution in [0.25, 0.3) is 0 Å². The molecule has 4 unspecified atom stereocenters. The fourth-order valence-electron chi connectivity index (χ4n) is 3.40. The zero-order valence-corrected chi connectivity index (χ0v) is 11.0. The Kier molecular flexibility index (Phi) is 3.73. The number of allylic oxidation sites excluding steroid dienone is 2. The summed E-state index contributed by atoms with van der Waals surface area (Å²) in [6.07, 6.45) is 5.75. The molecule has 1 amide bonds. The lowest BCUT2D eigenvalue weighted by atomic mass is 9.82. The highest BCUT2D eigenvalue weighted by Crippen LogP contribution is 2.48. The van der Waals surface area contributed by atoms with Crippen molar-refractivity contribution in [2.45, 2.75) is 26.7 Å². The molecule has 0 aromatic heterocycles. The van der Waals surface area contributed by atoms with E-state index in [1.807, 2.05) is 26.0 Å². The van der Waals surface area contributed by atoms with Crippen LogP contribution in [0.2, 0.25) is 0 Å². The third kappa shape index (κ3) is 2.04. The average Bonchev–Trinajstić information content (AvgIpc) is 2.94. The highest BCUT2D eigenvalue weighted by molar-refractivity contribution is 5.86. The molecule has 1 N–H and O–H groups in total. The third-order valence-corrected chi connectivity index (χ3v) is 4.22. The fraction of sp³-hybridized carbons (Fsp3) is 0.714. The molecule has 1 fully saturated rings. The minimum Gasteiger partial charge on any atom is -0.481 e. The van der Waals surface area contributed by atoms with E-state index < -0.39 is 11.9 Å². The van der Waals surface area contributed by atoms with E-state index in [-0.39, 0.29) is 23.7 Å². The van der Waals surface area contributed by atoms with Crippen molar-refractivity contribution < 1.29 is 14.7 Å². The van der Waals surface area contributed by atoms with Crippen molar-refractivity contribution in [2.75, 3.05) is 13.1 Å². The zero-order valence-electron chi connectivity index (χ0n) is 11.0. The molecule has 4 nitrogen and oxygen atoms in total. The summed E-state index contributed by atoms with van der Waals surface area (Å²) in [5.74, 6) is -1.46. The van der Waals surface area contributed by atoms with Crippen LogP contribution >= 0.6 is 0 Å². The highest BCUT2D eigenvalue weighted by Gasteiger charge is 2.52. The number of nitrogens with zero attached hydrogens (tertiary/aromatic N) is 1. The van der Waals surface area contributed by atoms with E-state index in [2.05, 4.69) is 0 Å². The van der Waals surface area contributed by atoms with Crippen LogP contribution in [-0.4, -0.2) is 35.0 Å². The van der Waals surface area contributed by atoms with E-state index in [9.17, 15) is 14.7 Å². The summed E-state index contributed by atoms with van der Waals surface area (Å²) in [6.45, 7) is 5.37. The second-order valence-corrected chi connectivity index (χ2v) is 5.26. The van der Waals surface area contributed by atoms with Crippen molar-refractivity contribution in [3.63, 3.8) is 0 Å². The molecule has 0 aromatic carbocycles. The zero-order chi connectivity index (χ0) is 13.3. The Morgan fingerprint density at radius 2 is 1.83 bits per heavy atom. The molecule has 0 spiro atoms. The second-order valence-electron chi connectivity index (χ2n) is 5.26. The smallest absolute Gasteiger partial charge is 0.307 e. The lowest BCUT2D eigenvalue weighted by Crippen LogP contribution is -2.43. The maximum absolute atomic E-state index is 12.5. The minimum absolute atomic E-state index is 0.0311. The summed E-state index contributed by atoms with van der Waals surface area (Å²) in [5, 5.41) is 9.33. The van der Waals surface area contributed by atoms with Gasteiger partial charge in [0.25, 0.3) is 0 Å². The van der Waals surface area contributed by atoms with Gasteiger partial charge in [-0.25, -0.2) is 0 Å². The number of carboxylic acid groups (broad SMARTS) is 1. The van der Waals surface area contributed by atoms with E-state index >= 15 is 0 Å². The SMILES string of the molecule is CCCN(CC)C(=O)C1C2C=CC(C2)C1C(=O)O. The Morgan fingerprint density at radius 1 is 1.22 bits per heavy atom. The van der Waals surface area contributed by atoms with Crippen LogP contribution in [-0.2, 0) is 9.59 Å². The van der Waals surface area contributed by atoms with E-state index in [4.69, 9.17) is 0 Å². The molecule has 18 heavy (non-hydrogen) atoms. The monoisotopic (exact) mass is 251 g/mol. The van der Waals surface area contributed by atoms with Gasteiger partial charge < -0.3 is 10.0 Å². The molecule has 0 radical (unpaired) electrons. The molecule has 0 aromatic rings. The highest BCUT2D eigenvalue weighted by atomic mass is 16.4. The molecule has 4 atom stereocenters. The Morgan fingerprint density at radius 3 is 2.33 bits per heavy atom. The van der Waals surface area contributed by atoms with E-state index in [1.165, 1.54) is 0 Å². The third-order valence-electron chi connectivity index (χ3n) is 4.22. The molecule has 2 rings (SSSR count). The first-order chi connectivity index (χ1) is 8.60. The predicted octanol–water partition coefficient (Wildman–Crippen LogP) is 1.77. The van der Waals surface area contributed by atoms with Crippen LogP contribution in [0, 0.1) is 23.7 Å². The molecule has 2 aliphatic carbocycles. The van der Waals surface area contributed by atoms with Crippen LogP contribution in [0.5, 0.6) is 0 Å². The van der Waals surface area contributed by atoms with Crippen LogP contribution in [0.1, 0.15) is 26.7 Å². The number of fused-ring (bicyclic) bond motifs is 2. The number of carbonyl (C=O) groups excluding carboxylic acids is 1. The van der Waals surface area contributed by atoms with Gasteiger partial charge in [0.1, 0.15) is 0 Å². The first kappa shape index (κ1) is 13.1. The molecular formula is C14H21NO3. The number of hydrogen-bond acceptors (Lipinski definition) is 2. The van der Waals surface area contributed by atoms with Gasteiger partial charge in [0, 0.05) is 13.1 Å². The molecule has 0 aliphatic heterocycles. The standard InChI is InChI=1S/C14H21NO3/c1-3-7-15(4-2)13(16)11-9-5-6-10(8-9)12(11)14(17)18/h5-6,9-12H,3-4,7-8H2,1-2H3,(H,17,18). The molecule has 0 saturated heterocycles. The maximum atomic E-state index is 12.5. The number of amides is 1. The summed E-state index contributed by atoms with van der Waals surface area (Å²) in [7, 11) is 0. The van der Waals surface area contributed by atoms with Crippen LogP contribution in [0.4, 0.5) is 0 Å². The van der Waals surface area contributed by atoms with Gasteiger partial charge in [0.15, 0.2) is 0 Å². The maximum Gasteiger partial charge on any atom is 0.307 e. The number of hydrogen-bond donors (Lipinski definition) is 1. The summed E-state index contributed by atoms with van der Waals surface area (Å²) in [4.78, 5) is 25.7. The molecular weight excluding hydrogens is 230 g/mol. The van der Waals surface area contributed by atoms with Crippen LogP contribution in [0.15, 0.2) is 12.2 Å². The van der Waals surface area contributed by atoms with Gasteiger partial charge in [0.05, 0.1) is 11.8 Å².